The lowest BCUT2D eigenvalue weighted by Gasteiger charge is -2.35. The van der Waals surface area contributed by atoms with Crippen molar-refractivity contribution < 1.29 is 4.79 Å². The van der Waals surface area contributed by atoms with Crippen molar-refractivity contribution in [3.05, 3.63) is 0 Å². The molecule has 1 saturated heterocycles. The summed E-state index contributed by atoms with van der Waals surface area (Å²) in [6.45, 7) is 11.3. The molecule has 3 rings (SSSR count). The molecular weight excluding hydrogens is 236 g/mol. The van der Waals surface area contributed by atoms with E-state index in [9.17, 15) is 4.79 Å². The van der Waals surface area contributed by atoms with E-state index in [1.54, 1.807) is 0 Å². The van der Waals surface area contributed by atoms with Gasteiger partial charge < -0.3 is 9.80 Å². The number of Topliss-reactive ketones (excluding diaryl/α,β-unsaturated/α-hetero) is 1. The summed E-state index contributed by atoms with van der Waals surface area (Å²) in [6, 6.07) is 0. The fourth-order valence-electron chi connectivity index (χ4n) is 3.65. The summed E-state index contributed by atoms with van der Waals surface area (Å²) in [5.74, 6) is 1.82. The number of ketones is 1. The van der Waals surface area contributed by atoms with Crippen LogP contribution in [0.1, 0.15) is 39.5 Å². The molecular formula is C16H28N2O. The lowest BCUT2D eigenvalue weighted by molar-refractivity contribution is -0.128. The molecule has 2 saturated carbocycles. The summed E-state index contributed by atoms with van der Waals surface area (Å²) in [5.41, 5.74) is -0.0571. The summed E-state index contributed by atoms with van der Waals surface area (Å²) in [5, 5.41) is 0. The minimum Gasteiger partial charge on any atom is -0.301 e. The first-order chi connectivity index (χ1) is 9.04. The first-order valence-electron chi connectivity index (χ1n) is 8.03. The highest BCUT2D eigenvalue weighted by Gasteiger charge is 2.41. The smallest absolute Gasteiger partial charge is 0.142 e. The maximum Gasteiger partial charge on any atom is 0.142 e. The number of nitrogens with zero attached hydrogens (tertiary/aromatic N) is 2. The van der Waals surface area contributed by atoms with Crippen molar-refractivity contribution in [1.29, 1.82) is 0 Å². The largest absolute Gasteiger partial charge is 0.301 e. The highest BCUT2D eigenvalue weighted by Crippen LogP contribution is 2.38. The van der Waals surface area contributed by atoms with Crippen LogP contribution in [0.4, 0.5) is 0 Å². The van der Waals surface area contributed by atoms with Crippen LogP contribution in [-0.4, -0.2) is 54.9 Å². The normalized spacial score (nSPS) is 32.9. The van der Waals surface area contributed by atoms with Crippen molar-refractivity contribution >= 4 is 5.78 Å². The molecule has 108 valence electrons. The van der Waals surface area contributed by atoms with Crippen LogP contribution in [0, 0.1) is 17.3 Å². The fraction of sp³-hybridized carbons (Fsp3) is 0.938. The van der Waals surface area contributed by atoms with E-state index in [4.69, 9.17) is 0 Å². The second kappa shape index (κ2) is 5.17. The summed E-state index contributed by atoms with van der Waals surface area (Å²) in [4.78, 5) is 17.4. The number of carbonyl (C=O) groups is 1. The third-order valence-corrected chi connectivity index (χ3v) is 5.31. The van der Waals surface area contributed by atoms with E-state index < -0.39 is 0 Å². The predicted molar refractivity (Wildman–Crippen MR) is 77.1 cm³/mol. The van der Waals surface area contributed by atoms with Gasteiger partial charge in [0.2, 0.25) is 0 Å². The van der Waals surface area contributed by atoms with Gasteiger partial charge in [0.25, 0.3) is 0 Å². The van der Waals surface area contributed by atoms with Crippen molar-refractivity contribution in [1.82, 2.24) is 9.80 Å². The van der Waals surface area contributed by atoms with Gasteiger partial charge in [-0.05, 0) is 31.6 Å². The van der Waals surface area contributed by atoms with Gasteiger partial charge in [0.15, 0.2) is 0 Å². The molecule has 0 radical (unpaired) electrons. The summed E-state index contributed by atoms with van der Waals surface area (Å²) < 4.78 is 0. The van der Waals surface area contributed by atoms with Gasteiger partial charge in [-0.25, -0.2) is 0 Å². The Morgan fingerprint density at radius 1 is 1.00 bits per heavy atom. The molecule has 0 N–H and O–H groups in total. The van der Waals surface area contributed by atoms with E-state index in [1.807, 2.05) is 0 Å². The van der Waals surface area contributed by atoms with E-state index in [-0.39, 0.29) is 5.41 Å². The SMILES string of the molecule is CC1(C)CCC(CN2CCN(CC3CC3)CC2)C1=O. The fourth-order valence-corrected chi connectivity index (χ4v) is 3.65. The van der Waals surface area contributed by atoms with Crippen LogP contribution in [0.2, 0.25) is 0 Å². The lowest BCUT2D eigenvalue weighted by atomic mass is 9.89. The maximum atomic E-state index is 12.3. The van der Waals surface area contributed by atoms with Gasteiger partial charge in [-0.2, -0.15) is 0 Å². The van der Waals surface area contributed by atoms with Crippen LogP contribution >= 0.6 is 0 Å². The Morgan fingerprint density at radius 2 is 1.58 bits per heavy atom. The minimum atomic E-state index is -0.0571. The second-order valence-corrected chi connectivity index (χ2v) is 7.53. The van der Waals surface area contributed by atoms with Crippen LogP contribution in [0.15, 0.2) is 0 Å². The molecule has 1 unspecified atom stereocenters. The number of rotatable bonds is 4. The predicted octanol–water partition coefficient (Wildman–Crippen LogP) is 2.02. The van der Waals surface area contributed by atoms with Crippen LogP contribution in [0.5, 0.6) is 0 Å². The van der Waals surface area contributed by atoms with Gasteiger partial charge in [0.05, 0.1) is 0 Å². The Hall–Kier alpha value is -0.410. The molecule has 3 nitrogen and oxygen atoms in total. The maximum absolute atomic E-state index is 12.3. The Kier molecular flexibility index (Phi) is 3.69. The average molecular weight is 264 g/mol. The van der Waals surface area contributed by atoms with Gasteiger partial charge in [-0.15, -0.1) is 0 Å². The third-order valence-electron chi connectivity index (χ3n) is 5.31. The van der Waals surface area contributed by atoms with Crippen LogP contribution in [0.25, 0.3) is 0 Å². The van der Waals surface area contributed by atoms with E-state index in [2.05, 4.69) is 23.6 Å². The number of carbonyl (C=O) groups excluding carboxylic acids is 1. The topological polar surface area (TPSA) is 23.6 Å². The Bertz CT molecular complexity index is 341. The van der Waals surface area contributed by atoms with Crippen LogP contribution in [0.3, 0.4) is 0 Å². The van der Waals surface area contributed by atoms with E-state index in [1.165, 1.54) is 32.5 Å². The van der Waals surface area contributed by atoms with Crippen LogP contribution in [-0.2, 0) is 4.79 Å². The third kappa shape index (κ3) is 3.19. The zero-order valence-corrected chi connectivity index (χ0v) is 12.5. The Balaban J connectivity index is 1.43. The molecule has 0 aromatic rings. The van der Waals surface area contributed by atoms with Crippen molar-refractivity contribution in [2.75, 3.05) is 39.3 Å². The zero-order chi connectivity index (χ0) is 13.5. The van der Waals surface area contributed by atoms with Crippen molar-refractivity contribution in [3.8, 4) is 0 Å². The molecule has 0 aromatic heterocycles. The standard InChI is InChI=1S/C16H28N2O/c1-16(2)6-5-14(15(16)19)12-18-9-7-17(8-10-18)11-13-3-4-13/h13-14H,3-12H2,1-2H3. The molecule has 0 spiro atoms. The molecule has 0 bridgehead atoms. The van der Waals surface area contributed by atoms with Crippen molar-refractivity contribution in [2.24, 2.45) is 17.3 Å². The minimum absolute atomic E-state index is 0.0571. The molecule has 3 aliphatic rings. The first kappa shape index (κ1) is 13.6. The molecule has 1 aliphatic heterocycles. The number of hydrogen-bond donors (Lipinski definition) is 0. The van der Waals surface area contributed by atoms with E-state index >= 15 is 0 Å². The van der Waals surface area contributed by atoms with E-state index in [0.29, 0.717) is 11.7 Å². The highest BCUT2D eigenvalue weighted by atomic mass is 16.1. The second-order valence-electron chi connectivity index (χ2n) is 7.53. The average Bonchev–Trinajstić information content (AvgIpc) is 3.15. The van der Waals surface area contributed by atoms with E-state index in [0.717, 1.165) is 38.4 Å². The van der Waals surface area contributed by atoms with Gasteiger partial charge in [0.1, 0.15) is 5.78 Å². The molecule has 3 fully saturated rings. The highest BCUT2D eigenvalue weighted by molar-refractivity contribution is 5.88. The Morgan fingerprint density at radius 3 is 2.05 bits per heavy atom. The molecule has 19 heavy (non-hydrogen) atoms. The molecule has 3 heteroatoms. The van der Waals surface area contributed by atoms with Crippen LogP contribution < -0.4 is 0 Å². The summed E-state index contributed by atoms with van der Waals surface area (Å²) >= 11 is 0. The molecule has 1 heterocycles. The number of hydrogen-bond acceptors (Lipinski definition) is 3. The first-order valence-corrected chi connectivity index (χ1v) is 8.03. The number of piperazine rings is 1. The molecule has 2 aliphatic carbocycles. The van der Waals surface area contributed by atoms with Gasteiger partial charge >= 0.3 is 0 Å². The van der Waals surface area contributed by atoms with Gasteiger partial charge in [-0.3, -0.25) is 4.79 Å². The molecule has 0 amide bonds. The monoisotopic (exact) mass is 264 g/mol. The van der Waals surface area contributed by atoms with Crippen molar-refractivity contribution in [2.45, 2.75) is 39.5 Å². The lowest BCUT2D eigenvalue weighted by Crippen LogP contribution is -2.48. The Labute approximate surface area is 117 Å². The summed E-state index contributed by atoms with van der Waals surface area (Å²) in [6.07, 6.45) is 5.09. The molecule has 1 atom stereocenters. The van der Waals surface area contributed by atoms with Gasteiger partial charge in [0, 0.05) is 50.6 Å². The zero-order valence-electron chi connectivity index (χ0n) is 12.5. The van der Waals surface area contributed by atoms with Crippen molar-refractivity contribution in [3.63, 3.8) is 0 Å². The molecule has 0 aromatic carbocycles. The van der Waals surface area contributed by atoms with Gasteiger partial charge in [-0.1, -0.05) is 13.8 Å². The quantitative estimate of drug-likeness (QED) is 0.776. The summed E-state index contributed by atoms with van der Waals surface area (Å²) in [7, 11) is 0.